The number of fused-ring (bicyclic) bond motifs is 10. The van der Waals surface area contributed by atoms with E-state index in [4.69, 9.17) is 15.7 Å². The van der Waals surface area contributed by atoms with E-state index in [-0.39, 0.29) is 43.1 Å². The largest absolute Gasteiger partial charge is 0.398 e. The summed E-state index contributed by atoms with van der Waals surface area (Å²) in [4.78, 5) is 53.2. The summed E-state index contributed by atoms with van der Waals surface area (Å²) < 4.78 is 64.3. The molecule has 11 aromatic rings. The van der Waals surface area contributed by atoms with Crippen LogP contribution in [0.2, 0.25) is 0 Å². The third-order valence-electron chi connectivity index (χ3n) is 21.7. The fourth-order valence-corrected chi connectivity index (χ4v) is 18.6. The molecule has 0 bridgehead atoms. The molecule has 0 saturated carbocycles. The normalized spacial score (nSPS) is 12.6. The number of non-ortho nitro benzene ring substituents is 1. The van der Waals surface area contributed by atoms with Gasteiger partial charge in [-0.05, 0) is 84.6 Å². The first-order valence-corrected chi connectivity index (χ1v) is 42.9. The van der Waals surface area contributed by atoms with E-state index >= 15 is 4.79 Å². The van der Waals surface area contributed by atoms with Gasteiger partial charge in [-0.1, -0.05) is 284 Å². The minimum Gasteiger partial charge on any atom is -0.398 e. The quantitative estimate of drug-likeness (QED) is 0.00912. The van der Waals surface area contributed by atoms with E-state index in [1.807, 2.05) is 0 Å². The number of anilines is 1. The Morgan fingerprint density at radius 3 is 1.16 bits per heavy atom. The van der Waals surface area contributed by atoms with Gasteiger partial charge >= 0.3 is 0 Å². The maximum absolute atomic E-state index is 15.1. The highest BCUT2D eigenvalue weighted by atomic mass is 32.2. The first kappa shape index (κ1) is 77.7. The summed E-state index contributed by atoms with van der Waals surface area (Å²) >= 11 is 0. The third kappa shape index (κ3) is 17.9. The molecule has 4 aromatic heterocycles. The van der Waals surface area contributed by atoms with Gasteiger partial charge in [0.15, 0.2) is 0 Å². The van der Waals surface area contributed by atoms with Crippen LogP contribution in [0.5, 0.6) is 0 Å². The van der Waals surface area contributed by atoms with Crippen molar-refractivity contribution in [3.63, 3.8) is 0 Å². The number of nitrogens with two attached hydrogens (primary N) is 1. The number of hydrogen-bond acceptors (Lipinski definition) is 11. The summed E-state index contributed by atoms with van der Waals surface area (Å²) in [7, 11) is -7.91. The lowest BCUT2D eigenvalue weighted by Crippen LogP contribution is -2.33. The Balaban J connectivity index is 0.000000853. The maximum Gasteiger partial charge on any atom is 0.278 e. The number of benzene rings is 7. The van der Waals surface area contributed by atoms with E-state index in [1.165, 1.54) is 213 Å². The third-order valence-corrected chi connectivity index (χ3v) is 25.0. The summed E-state index contributed by atoms with van der Waals surface area (Å²) in [5, 5.41) is 18.8. The lowest BCUT2D eigenvalue weighted by atomic mass is 9.84. The molecule has 0 saturated heterocycles. The van der Waals surface area contributed by atoms with E-state index in [1.54, 1.807) is 52.8 Å². The van der Waals surface area contributed by atoms with E-state index in [2.05, 4.69) is 39.3 Å². The predicted molar refractivity (Wildman–Crippen MR) is 428 cm³/mol. The number of hydrogen-bond donors (Lipinski definition) is 2. The first-order valence-electron chi connectivity index (χ1n) is 40.0. The highest BCUT2D eigenvalue weighted by Crippen LogP contribution is 2.50. The molecule has 0 radical (unpaired) electrons. The highest BCUT2D eigenvalue weighted by Gasteiger charge is 2.31. The van der Waals surface area contributed by atoms with Crippen LogP contribution in [0.1, 0.15) is 291 Å². The minimum absolute atomic E-state index is 0.0289. The molecule has 11 rings (SSSR count). The van der Waals surface area contributed by atoms with Crippen LogP contribution in [-0.2, 0) is 20.0 Å². The van der Waals surface area contributed by atoms with Gasteiger partial charge in [0.1, 0.15) is 11.3 Å². The zero-order valence-corrected chi connectivity index (χ0v) is 63.8. The Hall–Kier alpha value is -6.86. The number of nitrogen functional groups attached to an aromatic ring is 1. The number of aromatic nitrogens is 4. The molecule has 102 heavy (non-hydrogen) atoms. The molecule has 16 nitrogen and oxygen atoms in total. The van der Waals surface area contributed by atoms with Gasteiger partial charge in [0.05, 0.1) is 42.2 Å². The van der Waals surface area contributed by atoms with Crippen LogP contribution >= 0.6 is 0 Å². The molecule has 0 fully saturated rings. The van der Waals surface area contributed by atoms with Crippen molar-refractivity contribution in [2.24, 2.45) is 0 Å². The Bertz CT molecular complexity index is 4880. The van der Waals surface area contributed by atoms with Crippen LogP contribution in [0.25, 0.3) is 98.0 Å². The molecule has 3 N–H and O–H groups in total. The van der Waals surface area contributed by atoms with Crippen molar-refractivity contribution in [1.82, 2.24) is 27.8 Å². The molecule has 0 atom stereocenters. The lowest BCUT2D eigenvalue weighted by Gasteiger charge is -2.22. The molecular weight excluding hydrogens is 1310 g/mol. The van der Waals surface area contributed by atoms with E-state index < -0.39 is 36.1 Å². The average molecular weight is 1430 g/mol. The summed E-state index contributed by atoms with van der Waals surface area (Å²) in [6.07, 6.45) is 48.6. The Labute approximate surface area is 605 Å². The molecule has 0 unspecified atom stereocenters. The summed E-state index contributed by atoms with van der Waals surface area (Å²) in [5.74, 6) is 0. The van der Waals surface area contributed by atoms with Crippen LogP contribution in [0.15, 0.2) is 92.2 Å². The van der Waals surface area contributed by atoms with E-state index in [0.717, 1.165) is 77.0 Å². The molecule has 0 aliphatic carbocycles. The molecule has 4 heterocycles. The number of sulfonamides is 2. The molecule has 0 amide bonds. The molecule has 7 aromatic carbocycles. The Kier molecular flexibility index (Phi) is 28.8. The van der Waals surface area contributed by atoms with Crippen molar-refractivity contribution in [2.75, 3.05) is 25.4 Å². The second-order valence-corrected chi connectivity index (χ2v) is 33.1. The van der Waals surface area contributed by atoms with E-state index in [0.29, 0.717) is 95.7 Å². The monoisotopic (exact) mass is 1430 g/mol. The van der Waals surface area contributed by atoms with Gasteiger partial charge in [0.2, 0.25) is 20.0 Å². The Morgan fingerprint density at radius 1 is 0.402 bits per heavy atom. The molecule has 552 valence electrons. The highest BCUT2D eigenvalue weighted by molar-refractivity contribution is 7.89. The van der Waals surface area contributed by atoms with Crippen molar-refractivity contribution in [1.29, 1.82) is 0 Å². The van der Waals surface area contributed by atoms with Gasteiger partial charge in [-0.25, -0.2) is 31.5 Å². The zero-order chi connectivity index (χ0) is 72.2. The van der Waals surface area contributed by atoms with Crippen molar-refractivity contribution < 1.29 is 21.8 Å². The smallest absolute Gasteiger partial charge is 0.278 e. The van der Waals surface area contributed by atoms with Crippen LogP contribution in [0.3, 0.4) is 0 Å². The second kappa shape index (κ2) is 37.7. The van der Waals surface area contributed by atoms with Gasteiger partial charge in [0.25, 0.3) is 16.8 Å². The van der Waals surface area contributed by atoms with Gasteiger partial charge in [-0.2, -0.15) is 4.31 Å². The molecule has 18 heteroatoms. The van der Waals surface area contributed by atoms with Gasteiger partial charge in [-0.15, -0.1) is 0 Å². The lowest BCUT2D eigenvalue weighted by molar-refractivity contribution is -0.382. The average Bonchev–Trinajstić information content (AvgIpc) is 1.06. The zero-order valence-electron chi connectivity index (χ0n) is 62.2. The summed E-state index contributed by atoms with van der Waals surface area (Å²) in [6, 6.07) is 19.3. The van der Waals surface area contributed by atoms with Crippen molar-refractivity contribution in [3.8, 4) is 0 Å². The predicted octanol–water partition coefficient (Wildman–Crippen LogP) is 22.7. The number of pyridine rings is 2. The first-order chi connectivity index (χ1) is 49.6. The SMILES string of the molecule is CCCCCCCCCCCC.CCCCCCCCCCCCNS(=O)(=O)c1ccc2c(c1)nc1c3cc(N)c4c5ccc6c(=O)n7c8ccc(S(=O)(=O)N(CCCCCCCCCCCC)CCCCCCCCCCCC)cc8nc7c7cc([N+](=O)[O-])c(c8ccc(c(=O)n21)c3c84)c5c67. The fraction of sp³-hybridized carbons (Fsp3) is 0.571. The van der Waals surface area contributed by atoms with Crippen molar-refractivity contribution >= 4 is 129 Å². The number of nitrogens with zero attached hydrogens (tertiary/aromatic N) is 6. The van der Waals surface area contributed by atoms with Crippen LogP contribution in [0.4, 0.5) is 11.4 Å². The topological polar surface area (TPSA) is 221 Å². The van der Waals surface area contributed by atoms with Gasteiger partial charge < -0.3 is 5.73 Å². The maximum atomic E-state index is 15.1. The summed E-state index contributed by atoms with van der Waals surface area (Å²) in [5.41, 5.74) is 8.17. The number of nitrogens with one attached hydrogen (secondary N) is 1. The summed E-state index contributed by atoms with van der Waals surface area (Å²) in [6.45, 7) is 12.4. The number of nitro groups is 1. The number of rotatable bonds is 47. The van der Waals surface area contributed by atoms with Crippen molar-refractivity contribution in [2.45, 2.75) is 301 Å². The van der Waals surface area contributed by atoms with Crippen LogP contribution < -0.4 is 21.6 Å². The number of unbranched alkanes of at least 4 members (excludes halogenated alkanes) is 36. The van der Waals surface area contributed by atoms with E-state index in [9.17, 15) is 31.7 Å². The molecular formula is C84H116N8O8S2. The fourth-order valence-electron chi connectivity index (χ4n) is 15.9. The van der Waals surface area contributed by atoms with Crippen molar-refractivity contribution in [3.05, 3.63) is 104 Å². The second-order valence-electron chi connectivity index (χ2n) is 29.4. The number of imidazole rings is 2. The number of nitro benzene ring substituents is 1. The molecule has 0 spiro atoms. The van der Waals surface area contributed by atoms with Crippen LogP contribution in [-0.4, -0.2) is 64.5 Å². The van der Waals surface area contributed by atoms with Gasteiger partial charge in [0, 0.05) is 79.9 Å². The van der Waals surface area contributed by atoms with Crippen LogP contribution in [0, 0.1) is 10.1 Å². The Morgan fingerprint density at radius 2 is 0.745 bits per heavy atom. The standard InChI is InChI=1S/C72H90N8O8S2.C12H26/c1-4-7-10-13-16-19-22-25-28-31-42-74-89(85,86)49-34-40-60-58(45-49)75-69-55-47-57(73)65-51-36-38-54-64-56(48-62(80(83)84)66(68(51)64)52-37-39-53(63(55)67(52)65)71(81)78(60)69)70-76-59-46-50(35-41-61(59)79(70)72(54)82)90(87,88)77(43-32-29-26-23-20-17-14-11-8-5-2)44-33-30-27-24-21-18-15-12-9-6-3;1-3-5-7-9-11-12-10-8-6-4-2/h34-41,45-48,74H,4-33,42-44,73H2,1-3H3;3-12H2,1-2H3. The molecule has 0 aliphatic rings. The molecule has 0 aliphatic heterocycles. The van der Waals surface area contributed by atoms with Gasteiger partial charge in [-0.3, -0.25) is 28.5 Å². The minimum atomic E-state index is -4.00.